The maximum atomic E-state index is 11.9. The highest BCUT2D eigenvalue weighted by atomic mass is 16.2. The predicted molar refractivity (Wildman–Crippen MR) is 68.4 cm³/mol. The predicted octanol–water partition coefficient (Wildman–Crippen LogP) is 3.16. The summed E-state index contributed by atoms with van der Waals surface area (Å²) in [6, 6.07) is 8.49. The number of likely N-dealkylation sites (tertiary alicyclic amines) is 1. The first-order valence-electron chi connectivity index (χ1n) is 6.42. The standard InChI is InChI=1S/C15H17NO/c1-2-12-13-7-4-3-6-11(13)10-14(12)16-9-5-8-15(16)17/h3-4,6-7,10,12H,2,5,8-9H2,1H3. The van der Waals surface area contributed by atoms with Gasteiger partial charge in [-0.15, -0.1) is 0 Å². The Kier molecular flexibility index (Phi) is 2.50. The van der Waals surface area contributed by atoms with Crippen molar-refractivity contribution in [2.75, 3.05) is 6.54 Å². The molecule has 1 heterocycles. The molecular weight excluding hydrogens is 210 g/mol. The fourth-order valence-corrected chi connectivity index (χ4v) is 3.00. The topological polar surface area (TPSA) is 20.3 Å². The molecule has 0 saturated carbocycles. The van der Waals surface area contributed by atoms with E-state index in [9.17, 15) is 4.79 Å². The van der Waals surface area contributed by atoms with Gasteiger partial charge in [-0.2, -0.15) is 0 Å². The van der Waals surface area contributed by atoms with Crippen LogP contribution in [0.25, 0.3) is 6.08 Å². The second-order valence-corrected chi connectivity index (χ2v) is 4.81. The van der Waals surface area contributed by atoms with E-state index in [1.165, 1.54) is 16.8 Å². The minimum atomic E-state index is 0.294. The van der Waals surface area contributed by atoms with Gasteiger partial charge in [0.2, 0.25) is 5.91 Å². The Bertz CT molecular complexity index is 489. The van der Waals surface area contributed by atoms with Crippen molar-refractivity contribution in [2.24, 2.45) is 0 Å². The van der Waals surface area contributed by atoms with Crippen LogP contribution in [0.5, 0.6) is 0 Å². The van der Waals surface area contributed by atoms with Gasteiger partial charge in [0.1, 0.15) is 0 Å². The Morgan fingerprint density at radius 2 is 2.18 bits per heavy atom. The van der Waals surface area contributed by atoms with Gasteiger partial charge in [-0.3, -0.25) is 4.79 Å². The Morgan fingerprint density at radius 3 is 2.88 bits per heavy atom. The quantitative estimate of drug-likeness (QED) is 0.760. The zero-order valence-corrected chi connectivity index (χ0v) is 10.1. The van der Waals surface area contributed by atoms with E-state index < -0.39 is 0 Å². The van der Waals surface area contributed by atoms with E-state index in [-0.39, 0.29) is 0 Å². The minimum Gasteiger partial charge on any atom is -0.316 e. The van der Waals surface area contributed by atoms with Gasteiger partial charge in [-0.1, -0.05) is 31.2 Å². The van der Waals surface area contributed by atoms with Crippen LogP contribution in [0.2, 0.25) is 0 Å². The zero-order valence-electron chi connectivity index (χ0n) is 10.1. The molecule has 0 N–H and O–H groups in total. The number of hydrogen-bond acceptors (Lipinski definition) is 1. The first-order valence-corrected chi connectivity index (χ1v) is 6.42. The lowest BCUT2D eigenvalue weighted by Gasteiger charge is -2.23. The normalized spacial score (nSPS) is 22.9. The lowest BCUT2D eigenvalue weighted by atomic mass is 9.96. The van der Waals surface area contributed by atoms with E-state index in [0.29, 0.717) is 18.2 Å². The van der Waals surface area contributed by atoms with E-state index in [0.717, 1.165) is 19.4 Å². The van der Waals surface area contributed by atoms with Crippen molar-refractivity contribution in [2.45, 2.75) is 32.1 Å². The highest BCUT2D eigenvalue weighted by Crippen LogP contribution is 2.41. The minimum absolute atomic E-state index is 0.294. The van der Waals surface area contributed by atoms with Gasteiger partial charge in [0, 0.05) is 24.6 Å². The molecule has 0 radical (unpaired) electrons. The first kappa shape index (κ1) is 10.6. The molecule has 17 heavy (non-hydrogen) atoms. The molecular formula is C15H17NO. The van der Waals surface area contributed by atoms with E-state index in [1.54, 1.807) is 0 Å². The number of fused-ring (bicyclic) bond motifs is 1. The fraction of sp³-hybridized carbons (Fsp3) is 0.400. The van der Waals surface area contributed by atoms with E-state index >= 15 is 0 Å². The summed E-state index contributed by atoms with van der Waals surface area (Å²) in [5.41, 5.74) is 3.88. The summed E-state index contributed by atoms with van der Waals surface area (Å²) in [5.74, 6) is 0.704. The van der Waals surface area contributed by atoms with Gasteiger partial charge in [0.25, 0.3) is 0 Å². The highest BCUT2D eigenvalue weighted by molar-refractivity contribution is 5.83. The van der Waals surface area contributed by atoms with Crippen LogP contribution < -0.4 is 0 Å². The number of carbonyl (C=O) groups excluding carboxylic acids is 1. The maximum absolute atomic E-state index is 11.9. The van der Waals surface area contributed by atoms with Crippen molar-refractivity contribution >= 4 is 12.0 Å². The van der Waals surface area contributed by atoms with E-state index in [2.05, 4.69) is 37.3 Å². The van der Waals surface area contributed by atoms with Gasteiger partial charge in [0.05, 0.1) is 0 Å². The SMILES string of the molecule is CCC1C(N2CCCC2=O)=Cc2ccccc21. The number of carbonyl (C=O) groups is 1. The molecule has 3 rings (SSSR count). The summed E-state index contributed by atoms with van der Waals surface area (Å²) < 4.78 is 0. The van der Waals surface area contributed by atoms with Crippen molar-refractivity contribution in [1.29, 1.82) is 0 Å². The number of amides is 1. The van der Waals surface area contributed by atoms with Crippen LogP contribution in [-0.2, 0) is 4.79 Å². The molecule has 1 aromatic rings. The van der Waals surface area contributed by atoms with Crippen LogP contribution in [0.15, 0.2) is 30.0 Å². The maximum Gasteiger partial charge on any atom is 0.226 e. The van der Waals surface area contributed by atoms with Crippen molar-refractivity contribution < 1.29 is 4.79 Å². The summed E-state index contributed by atoms with van der Waals surface area (Å²) in [7, 11) is 0. The zero-order chi connectivity index (χ0) is 11.8. The molecule has 1 unspecified atom stereocenters. The third kappa shape index (κ3) is 1.59. The van der Waals surface area contributed by atoms with Crippen molar-refractivity contribution in [3.63, 3.8) is 0 Å². The van der Waals surface area contributed by atoms with Gasteiger partial charge < -0.3 is 4.90 Å². The van der Waals surface area contributed by atoms with Crippen molar-refractivity contribution in [3.8, 4) is 0 Å². The highest BCUT2D eigenvalue weighted by Gasteiger charge is 2.32. The van der Waals surface area contributed by atoms with Crippen LogP contribution in [0.4, 0.5) is 0 Å². The molecule has 0 aromatic heterocycles. The average Bonchev–Trinajstić information content (AvgIpc) is 2.91. The van der Waals surface area contributed by atoms with Gasteiger partial charge in [-0.25, -0.2) is 0 Å². The summed E-state index contributed by atoms with van der Waals surface area (Å²) in [6.45, 7) is 3.09. The number of benzene rings is 1. The lowest BCUT2D eigenvalue weighted by molar-refractivity contribution is -0.126. The lowest BCUT2D eigenvalue weighted by Crippen LogP contribution is -2.25. The molecule has 1 aliphatic heterocycles. The second kappa shape index (κ2) is 4.02. The second-order valence-electron chi connectivity index (χ2n) is 4.81. The first-order chi connectivity index (χ1) is 8.31. The van der Waals surface area contributed by atoms with Gasteiger partial charge in [-0.05, 0) is 30.0 Å². The van der Waals surface area contributed by atoms with Crippen LogP contribution in [0.1, 0.15) is 43.2 Å². The molecule has 0 bridgehead atoms. The summed E-state index contributed by atoms with van der Waals surface area (Å²) in [4.78, 5) is 13.9. The molecule has 2 heteroatoms. The Hall–Kier alpha value is -1.57. The molecule has 1 aliphatic carbocycles. The molecule has 88 valence electrons. The molecule has 2 nitrogen and oxygen atoms in total. The monoisotopic (exact) mass is 227 g/mol. The summed E-state index contributed by atoms with van der Waals surface area (Å²) >= 11 is 0. The molecule has 1 fully saturated rings. The molecule has 2 aliphatic rings. The van der Waals surface area contributed by atoms with Crippen LogP contribution >= 0.6 is 0 Å². The number of nitrogens with zero attached hydrogens (tertiary/aromatic N) is 1. The third-order valence-electron chi connectivity index (χ3n) is 3.83. The van der Waals surface area contributed by atoms with Crippen LogP contribution in [0.3, 0.4) is 0 Å². The van der Waals surface area contributed by atoms with E-state index in [4.69, 9.17) is 0 Å². The van der Waals surface area contributed by atoms with Crippen LogP contribution in [-0.4, -0.2) is 17.4 Å². The summed E-state index contributed by atoms with van der Waals surface area (Å²) in [5, 5.41) is 0. The van der Waals surface area contributed by atoms with Crippen LogP contribution in [0, 0.1) is 0 Å². The van der Waals surface area contributed by atoms with Gasteiger partial charge >= 0.3 is 0 Å². The summed E-state index contributed by atoms with van der Waals surface area (Å²) in [6.07, 6.45) is 4.98. The average molecular weight is 227 g/mol. The fourth-order valence-electron chi connectivity index (χ4n) is 3.00. The molecule has 1 amide bonds. The Labute approximate surface area is 102 Å². The molecule has 0 spiro atoms. The smallest absolute Gasteiger partial charge is 0.226 e. The van der Waals surface area contributed by atoms with Crippen molar-refractivity contribution in [3.05, 3.63) is 41.1 Å². The largest absolute Gasteiger partial charge is 0.316 e. The van der Waals surface area contributed by atoms with Crippen molar-refractivity contribution in [1.82, 2.24) is 4.90 Å². The number of hydrogen-bond donors (Lipinski definition) is 0. The number of allylic oxidation sites excluding steroid dienone is 1. The molecule has 1 atom stereocenters. The Balaban J connectivity index is 2.00. The Morgan fingerprint density at radius 1 is 1.35 bits per heavy atom. The molecule has 1 aromatic carbocycles. The third-order valence-corrected chi connectivity index (χ3v) is 3.83. The number of rotatable bonds is 2. The van der Waals surface area contributed by atoms with Gasteiger partial charge in [0.15, 0.2) is 0 Å². The molecule has 1 saturated heterocycles. The van der Waals surface area contributed by atoms with E-state index in [1.807, 2.05) is 4.90 Å².